The second-order valence-corrected chi connectivity index (χ2v) is 11.8. The van der Waals surface area contributed by atoms with Gasteiger partial charge in [-0.05, 0) is 55.2 Å². The Kier molecular flexibility index (Phi) is 7.60. The molecule has 4 aliphatic rings. The molecule has 218 valence electrons. The number of rotatable bonds is 8. The summed E-state index contributed by atoms with van der Waals surface area (Å²) in [5.41, 5.74) is 6.15. The number of alkyl halides is 2. The van der Waals surface area contributed by atoms with Gasteiger partial charge in [0.2, 0.25) is 11.8 Å². The molecule has 5 N–H and O–H groups in total. The molecule has 3 atom stereocenters. The van der Waals surface area contributed by atoms with Gasteiger partial charge in [0.15, 0.2) is 0 Å². The number of hydrazine groups is 1. The number of nitrogens with two attached hydrogens (primary N) is 2. The molecule has 2 aliphatic heterocycles. The third kappa shape index (κ3) is 5.07. The summed E-state index contributed by atoms with van der Waals surface area (Å²) in [5, 5.41) is 10.9. The monoisotopic (exact) mass is 581 g/mol. The number of carboxylic acids is 1. The highest BCUT2D eigenvalue weighted by molar-refractivity contribution is 6.31. The molecule has 2 saturated carbocycles. The highest BCUT2D eigenvalue weighted by Gasteiger charge is 2.56. The number of carbonyl (C=O) groups is 3. The number of carboxylic acid groups (broad SMARTS) is 1. The van der Waals surface area contributed by atoms with E-state index in [9.17, 15) is 28.3 Å². The predicted octanol–water partition coefficient (Wildman–Crippen LogP) is 2.86. The van der Waals surface area contributed by atoms with Gasteiger partial charge in [0.25, 0.3) is 6.43 Å². The molecular formula is C27H34ClF2N5O5. The normalized spacial score (nSPS) is 25.8. The molecule has 2 aliphatic carbocycles. The Morgan fingerprint density at radius 3 is 2.58 bits per heavy atom. The van der Waals surface area contributed by atoms with Gasteiger partial charge in [-0.15, -0.1) is 0 Å². The van der Waals surface area contributed by atoms with E-state index in [0.717, 1.165) is 17.9 Å². The van der Waals surface area contributed by atoms with Gasteiger partial charge in [-0.2, -0.15) is 0 Å². The fourth-order valence-corrected chi connectivity index (χ4v) is 6.78. The average molecular weight is 582 g/mol. The summed E-state index contributed by atoms with van der Waals surface area (Å²) < 4.78 is 33.1. The molecule has 1 spiro atoms. The van der Waals surface area contributed by atoms with Gasteiger partial charge in [0, 0.05) is 37.1 Å². The Hall–Kier alpha value is -3.12. The number of hydrogen-bond acceptors (Lipinski definition) is 7. The number of fused-ring (bicyclic) bond motifs is 1. The van der Waals surface area contributed by atoms with E-state index in [1.54, 1.807) is 21.9 Å². The largest absolute Gasteiger partial charge is 0.487 e. The van der Waals surface area contributed by atoms with Crippen LogP contribution in [0.5, 0.6) is 5.75 Å². The fourth-order valence-electron chi connectivity index (χ4n) is 6.52. The van der Waals surface area contributed by atoms with Crippen molar-refractivity contribution in [1.82, 2.24) is 14.8 Å². The van der Waals surface area contributed by atoms with Crippen LogP contribution in [0.3, 0.4) is 0 Å². The molecule has 1 saturated heterocycles. The average Bonchev–Trinajstić information content (AvgIpc) is 3.30. The van der Waals surface area contributed by atoms with Crippen LogP contribution < -0.4 is 16.3 Å². The van der Waals surface area contributed by atoms with Crippen LogP contribution in [0.15, 0.2) is 23.5 Å². The van der Waals surface area contributed by atoms with E-state index in [0.29, 0.717) is 54.8 Å². The van der Waals surface area contributed by atoms with Crippen molar-refractivity contribution in [2.24, 2.45) is 28.8 Å². The highest BCUT2D eigenvalue weighted by atomic mass is 35.5. The van der Waals surface area contributed by atoms with Gasteiger partial charge in [0.05, 0.1) is 17.5 Å². The van der Waals surface area contributed by atoms with Crippen LogP contribution in [-0.2, 0) is 20.8 Å². The van der Waals surface area contributed by atoms with Crippen molar-refractivity contribution in [2.45, 2.75) is 57.5 Å². The first kappa shape index (κ1) is 28.4. The smallest absolute Gasteiger partial charge is 0.307 e. The van der Waals surface area contributed by atoms with Gasteiger partial charge >= 0.3 is 5.97 Å². The maximum absolute atomic E-state index is 14.0. The molecular weight excluding hydrogens is 548 g/mol. The predicted molar refractivity (Wildman–Crippen MR) is 141 cm³/mol. The molecule has 0 bridgehead atoms. The number of likely N-dealkylation sites (tertiary alicyclic amines) is 1. The van der Waals surface area contributed by atoms with Crippen LogP contribution in [0.1, 0.15) is 55.8 Å². The number of hydrogen-bond donors (Lipinski definition) is 3. The molecule has 3 fully saturated rings. The Labute approximate surface area is 235 Å². The summed E-state index contributed by atoms with van der Waals surface area (Å²) in [7, 11) is 1.25. The third-order valence-electron chi connectivity index (χ3n) is 8.75. The first-order valence-corrected chi connectivity index (χ1v) is 13.8. The maximum Gasteiger partial charge on any atom is 0.307 e. The molecule has 13 heteroatoms. The summed E-state index contributed by atoms with van der Waals surface area (Å²) in [6.07, 6.45) is 0.244. The quantitative estimate of drug-likeness (QED) is 0.314. The lowest BCUT2D eigenvalue weighted by Crippen LogP contribution is -2.51. The highest BCUT2D eigenvalue weighted by Crippen LogP contribution is 2.56. The van der Waals surface area contributed by atoms with E-state index in [2.05, 4.69) is 0 Å². The zero-order valence-electron chi connectivity index (χ0n) is 22.2. The molecule has 2 heterocycles. The summed E-state index contributed by atoms with van der Waals surface area (Å²) in [6, 6.07) is 3.20. The SMILES string of the molecule is CN(N)/C(=C(\N)COc1ccc(Cl)c2c1C(N1CC3(CC3)CC1=O)N(C(=O)C1CCCC1C(=O)O)CC2)C(F)F. The fraction of sp³-hybridized carbons (Fsp3) is 0.593. The van der Waals surface area contributed by atoms with E-state index in [4.69, 9.17) is 27.9 Å². The van der Waals surface area contributed by atoms with E-state index in [1.165, 1.54) is 7.05 Å². The summed E-state index contributed by atoms with van der Waals surface area (Å²) in [5.74, 6) is 2.87. The Morgan fingerprint density at radius 1 is 1.27 bits per heavy atom. The lowest BCUT2D eigenvalue weighted by atomic mass is 9.90. The van der Waals surface area contributed by atoms with Crippen LogP contribution in [0, 0.1) is 17.3 Å². The zero-order valence-corrected chi connectivity index (χ0v) is 23.0. The standard InChI is InChI=1S/C27H34ClF2N5O5/c1-33(32)22(23(29)30)18(31)12-40-19-6-5-17(28)16-7-10-34(25(37)14-3-2-4-15(14)26(38)39)24(21(16)19)35-13-27(8-9-27)11-20(35)36/h5-6,14-15,23-24H,2-4,7-13,31-32H2,1H3,(H,38,39)/b22-18-. The van der Waals surface area contributed by atoms with Crippen molar-refractivity contribution in [2.75, 3.05) is 26.7 Å². The lowest BCUT2D eigenvalue weighted by Gasteiger charge is -2.44. The number of nitrogens with zero attached hydrogens (tertiary/aromatic N) is 3. The first-order valence-electron chi connectivity index (χ1n) is 13.5. The minimum Gasteiger partial charge on any atom is -0.487 e. The molecule has 40 heavy (non-hydrogen) atoms. The number of amides is 2. The van der Waals surface area contributed by atoms with Gasteiger partial charge in [-0.3, -0.25) is 14.4 Å². The number of allylic oxidation sites excluding steroid dienone is 1. The van der Waals surface area contributed by atoms with Crippen LogP contribution in [-0.4, -0.2) is 70.9 Å². The number of ether oxygens (including phenoxy) is 1. The van der Waals surface area contributed by atoms with E-state index in [1.807, 2.05) is 0 Å². The van der Waals surface area contributed by atoms with Crippen molar-refractivity contribution >= 4 is 29.4 Å². The van der Waals surface area contributed by atoms with Gasteiger partial charge < -0.3 is 30.4 Å². The molecule has 0 radical (unpaired) electrons. The topological polar surface area (TPSA) is 142 Å². The molecule has 1 aromatic rings. The van der Waals surface area contributed by atoms with Crippen molar-refractivity contribution < 1.29 is 33.0 Å². The van der Waals surface area contributed by atoms with E-state index in [-0.39, 0.29) is 35.2 Å². The zero-order chi connectivity index (χ0) is 28.9. The second-order valence-electron chi connectivity index (χ2n) is 11.4. The Morgan fingerprint density at radius 2 is 1.98 bits per heavy atom. The number of benzene rings is 1. The molecule has 5 rings (SSSR count). The van der Waals surface area contributed by atoms with Crippen LogP contribution in [0.4, 0.5) is 8.78 Å². The maximum atomic E-state index is 14.0. The minimum atomic E-state index is -2.93. The summed E-state index contributed by atoms with van der Waals surface area (Å²) >= 11 is 6.61. The molecule has 1 aromatic carbocycles. The molecule has 0 aromatic heterocycles. The molecule has 2 amide bonds. The third-order valence-corrected chi connectivity index (χ3v) is 9.11. The first-order chi connectivity index (χ1) is 18.9. The van der Waals surface area contributed by atoms with E-state index < -0.39 is 42.7 Å². The van der Waals surface area contributed by atoms with Crippen LogP contribution in [0.25, 0.3) is 0 Å². The molecule has 3 unspecified atom stereocenters. The van der Waals surface area contributed by atoms with Crippen molar-refractivity contribution in [1.29, 1.82) is 0 Å². The Bertz CT molecular complexity index is 1240. The lowest BCUT2D eigenvalue weighted by molar-refractivity contribution is -0.155. The van der Waals surface area contributed by atoms with Crippen molar-refractivity contribution in [3.63, 3.8) is 0 Å². The minimum absolute atomic E-state index is 0.107. The number of aliphatic carboxylic acids is 1. The number of halogens is 3. The van der Waals surface area contributed by atoms with Gasteiger partial charge in [-0.1, -0.05) is 18.0 Å². The van der Waals surface area contributed by atoms with Gasteiger partial charge in [-0.25, -0.2) is 14.6 Å². The summed E-state index contributed by atoms with van der Waals surface area (Å²) in [4.78, 5) is 42.6. The molecule has 10 nitrogen and oxygen atoms in total. The summed E-state index contributed by atoms with van der Waals surface area (Å²) in [6.45, 7) is 0.278. The second kappa shape index (κ2) is 10.7. The van der Waals surface area contributed by atoms with E-state index >= 15 is 0 Å². The van der Waals surface area contributed by atoms with Crippen LogP contribution in [0.2, 0.25) is 5.02 Å². The van der Waals surface area contributed by atoms with Crippen molar-refractivity contribution in [3.05, 3.63) is 39.7 Å². The number of carbonyl (C=O) groups excluding carboxylic acids is 2. The van der Waals surface area contributed by atoms with Gasteiger partial charge in [0.1, 0.15) is 24.2 Å². The van der Waals surface area contributed by atoms with Crippen LogP contribution >= 0.6 is 11.6 Å². The van der Waals surface area contributed by atoms with Crippen molar-refractivity contribution in [3.8, 4) is 5.75 Å². The Balaban J connectivity index is 1.56.